The maximum Gasteiger partial charge on any atom is 0.420 e. The average Bonchev–Trinajstić information content (AvgIpc) is 3.24. The summed E-state index contributed by atoms with van der Waals surface area (Å²) in [4.78, 5) is 6.05. The topological polar surface area (TPSA) is 110 Å². The van der Waals surface area contributed by atoms with Crippen LogP contribution in [-0.4, -0.2) is 49.9 Å². The first-order valence-corrected chi connectivity index (χ1v) is 14.8. The van der Waals surface area contributed by atoms with E-state index in [1.807, 2.05) is 18.2 Å². The molecule has 3 N–H and O–H groups in total. The number of anilines is 1. The Hall–Kier alpha value is -4.32. The molecule has 5 rings (SSSR count). The third kappa shape index (κ3) is 5.52. The van der Waals surface area contributed by atoms with E-state index in [2.05, 4.69) is 15.4 Å². The van der Waals surface area contributed by atoms with Crippen molar-refractivity contribution in [1.29, 1.82) is 0 Å². The number of sulfonamides is 1. The van der Waals surface area contributed by atoms with Crippen LogP contribution in [-0.2, 0) is 21.7 Å². The van der Waals surface area contributed by atoms with Gasteiger partial charge in [0.25, 0.3) is 5.82 Å². The Bertz CT molecular complexity index is 1910. The second-order valence-corrected chi connectivity index (χ2v) is 12.8. The van der Waals surface area contributed by atoms with Crippen LogP contribution in [0.3, 0.4) is 0 Å². The molecule has 0 aliphatic carbocycles. The molecule has 2 heterocycles. The summed E-state index contributed by atoms with van der Waals surface area (Å²) in [6, 6.07) is 16.0. The smallest absolute Gasteiger partial charge is 0.420 e. The molecule has 2 atom stereocenters. The number of halogens is 7. The Labute approximate surface area is 258 Å². The van der Waals surface area contributed by atoms with Crippen molar-refractivity contribution in [2.75, 3.05) is 32.9 Å². The molecule has 0 radical (unpaired) electrons. The summed E-state index contributed by atoms with van der Waals surface area (Å²) in [6.07, 6.45) is -4.71. The Morgan fingerprint density at radius 1 is 0.935 bits per heavy atom. The van der Waals surface area contributed by atoms with Crippen molar-refractivity contribution in [2.45, 2.75) is 23.5 Å². The first-order chi connectivity index (χ1) is 21.4. The van der Waals surface area contributed by atoms with Crippen molar-refractivity contribution < 1.29 is 43.9 Å². The highest BCUT2D eigenvalue weighted by Gasteiger charge is 2.53. The van der Waals surface area contributed by atoms with E-state index >= 15 is 0 Å². The normalized spacial score (nSPS) is 19.8. The molecule has 0 bridgehead atoms. The Morgan fingerprint density at radius 2 is 1.52 bits per heavy atom. The number of fused-ring (bicyclic) bond motifs is 1. The molecule has 9 nitrogen and oxygen atoms in total. The molecule has 0 spiro atoms. The predicted molar refractivity (Wildman–Crippen MR) is 153 cm³/mol. The van der Waals surface area contributed by atoms with Gasteiger partial charge in [0.2, 0.25) is 10.0 Å². The molecule has 4 aromatic rings. The minimum Gasteiger partial charge on any atom is -0.457 e. The van der Waals surface area contributed by atoms with Gasteiger partial charge in [0.15, 0.2) is 23.3 Å². The first-order valence-electron chi connectivity index (χ1n) is 13.4. The molecule has 17 heteroatoms. The van der Waals surface area contributed by atoms with Gasteiger partial charge in [0.1, 0.15) is 51.8 Å². The van der Waals surface area contributed by atoms with Crippen LogP contribution in [0, 0.1) is 23.3 Å². The van der Waals surface area contributed by atoms with E-state index in [-0.39, 0.29) is 27.1 Å². The van der Waals surface area contributed by atoms with Gasteiger partial charge >= 0.3 is 6.18 Å². The summed E-state index contributed by atoms with van der Waals surface area (Å²) in [6.45, 7) is 0.864. The Balaban J connectivity index is 1.47. The van der Waals surface area contributed by atoms with E-state index in [9.17, 15) is 39.2 Å². The fourth-order valence-electron chi connectivity index (χ4n) is 5.42. The van der Waals surface area contributed by atoms with Crippen molar-refractivity contribution >= 4 is 21.7 Å². The number of nitrogens with one attached hydrogen (secondary N) is 1. The fraction of sp³-hybridized carbons (Fsp3) is 0.241. The quantitative estimate of drug-likeness (QED) is 0.111. The van der Waals surface area contributed by atoms with E-state index in [1.165, 1.54) is 6.33 Å². The highest BCUT2D eigenvalue weighted by Crippen LogP contribution is 2.46. The van der Waals surface area contributed by atoms with Crippen LogP contribution in [0.1, 0.15) is 23.6 Å². The molecule has 1 aliphatic heterocycles. The highest BCUT2D eigenvalue weighted by molar-refractivity contribution is 7.89. The fourth-order valence-corrected chi connectivity index (χ4v) is 6.83. The minimum atomic E-state index is -5.88. The Morgan fingerprint density at radius 3 is 2.13 bits per heavy atom. The van der Waals surface area contributed by atoms with Gasteiger partial charge in [-0.05, 0) is 36.8 Å². The summed E-state index contributed by atoms with van der Waals surface area (Å²) >= 11 is 0. The number of hydrogen-bond donors (Lipinski definition) is 2. The highest BCUT2D eigenvalue weighted by atomic mass is 32.2. The molecule has 244 valence electrons. The third-order valence-corrected chi connectivity index (χ3v) is 9.65. The average molecular weight is 672 g/mol. The number of rotatable bonds is 8. The van der Waals surface area contributed by atoms with Crippen LogP contribution >= 0.6 is 0 Å². The maximum absolute atomic E-state index is 14.6. The van der Waals surface area contributed by atoms with Gasteiger partial charge < -0.3 is 10.5 Å². The number of ether oxygens (including phenoxy) is 1. The third-order valence-electron chi connectivity index (χ3n) is 7.74. The first kappa shape index (κ1) is 33.1. The lowest BCUT2D eigenvalue weighted by molar-refractivity contribution is -0.143. The molecular formula is C29H26F7N6O3S+. The summed E-state index contributed by atoms with van der Waals surface area (Å²) in [5.74, 6) is -9.56. The lowest BCUT2D eigenvalue weighted by Gasteiger charge is -2.33. The molecule has 1 aliphatic rings. The van der Waals surface area contributed by atoms with E-state index in [0.717, 1.165) is 7.05 Å². The number of quaternary nitrogens is 1. The number of nitrogens with zero attached hydrogens (tertiary/aromatic N) is 4. The van der Waals surface area contributed by atoms with Crippen LogP contribution < -0.4 is 20.5 Å². The zero-order valence-corrected chi connectivity index (χ0v) is 25.1. The lowest BCUT2D eigenvalue weighted by atomic mass is 9.86. The molecular weight excluding hydrogens is 645 g/mol. The molecule has 3 aromatic carbocycles. The van der Waals surface area contributed by atoms with Gasteiger partial charge in [-0.2, -0.15) is 27.1 Å². The number of aromatic nitrogens is 2. The van der Waals surface area contributed by atoms with Crippen LogP contribution in [0.15, 0.2) is 65.8 Å². The molecule has 0 saturated heterocycles. The molecule has 46 heavy (non-hydrogen) atoms. The SMILES string of the molecule is CN(CC[N+]1(C)NC(C)(c2ccc(Oc3ccccc3)cc2)c2c(N)ncnc21)S(=O)(=O)c1c(F)c(F)c(F)c(F)c1C(F)(F)F. The second-order valence-electron chi connectivity index (χ2n) is 10.8. The molecule has 1 aromatic heterocycles. The maximum atomic E-state index is 14.6. The lowest BCUT2D eigenvalue weighted by Crippen LogP contribution is -2.60. The van der Waals surface area contributed by atoms with Crippen LogP contribution in [0.5, 0.6) is 11.5 Å². The van der Waals surface area contributed by atoms with Gasteiger partial charge in [-0.15, -0.1) is 5.43 Å². The van der Waals surface area contributed by atoms with Crippen LogP contribution in [0.2, 0.25) is 0 Å². The summed E-state index contributed by atoms with van der Waals surface area (Å²) in [7, 11) is -3.22. The largest absolute Gasteiger partial charge is 0.457 e. The number of likely N-dealkylation sites (N-methyl/N-ethyl adjacent to an activating group) is 2. The number of benzene rings is 3. The number of nitrogens with two attached hydrogens (primary N) is 1. The summed E-state index contributed by atoms with van der Waals surface area (Å²) < 4.78 is 130. The molecule has 0 amide bonds. The number of para-hydroxylation sites is 1. The molecule has 0 saturated carbocycles. The zero-order chi connectivity index (χ0) is 33.8. The molecule has 0 fully saturated rings. The second kappa shape index (κ2) is 11.5. The minimum absolute atomic E-state index is 0.0848. The Kier molecular flexibility index (Phi) is 8.25. The van der Waals surface area contributed by atoms with Crippen molar-refractivity contribution in [3.63, 3.8) is 0 Å². The van der Waals surface area contributed by atoms with Crippen LogP contribution in [0.25, 0.3) is 0 Å². The van der Waals surface area contributed by atoms with E-state index in [4.69, 9.17) is 10.5 Å². The van der Waals surface area contributed by atoms with E-state index in [1.54, 1.807) is 50.4 Å². The molecule has 2 unspecified atom stereocenters. The standard InChI is InChI=1S/C29H26F7N6O3S/c1-28(16-9-11-18(12-10-16)45-17-7-5-4-6-8-17)20-26(37)38-15-39-27(20)42(3,40-28)14-13-41(2)46(43,44)25-19(29(34,35)36)21(30)22(31)23(32)24(25)33/h4-12,15,40H,13-14H2,1-3H3,(H2,37,38,39)/q+1. The summed E-state index contributed by atoms with van der Waals surface area (Å²) in [5, 5.41) is 0. The van der Waals surface area contributed by atoms with Crippen molar-refractivity contribution in [3.8, 4) is 11.5 Å². The monoisotopic (exact) mass is 671 g/mol. The summed E-state index contributed by atoms with van der Waals surface area (Å²) in [5.41, 5.74) is 6.80. The van der Waals surface area contributed by atoms with Crippen molar-refractivity contribution in [2.24, 2.45) is 0 Å². The van der Waals surface area contributed by atoms with Gasteiger partial charge in [-0.25, -0.2) is 31.0 Å². The number of hydrogen-bond acceptors (Lipinski definition) is 7. The predicted octanol–water partition coefficient (Wildman–Crippen LogP) is 5.47. The van der Waals surface area contributed by atoms with Gasteiger partial charge in [-0.3, -0.25) is 0 Å². The van der Waals surface area contributed by atoms with Gasteiger partial charge in [-0.1, -0.05) is 30.3 Å². The van der Waals surface area contributed by atoms with Gasteiger partial charge in [0, 0.05) is 7.05 Å². The zero-order valence-electron chi connectivity index (χ0n) is 24.3. The van der Waals surface area contributed by atoms with E-state index in [0.29, 0.717) is 22.6 Å². The van der Waals surface area contributed by atoms with Crippen molar-refractivity contribution in [3.05, 3.63) is 101 Å². The number of alkyl halides is 3. The van der Waals surface area contributed by atoms with Gasteiger partial charge in [0.05, 0.1) is 13.6 Å². The van der Waals surface area contributed by atoms with E-state index < -0.39 is 62.0 Å². The number of nitrogen functional groups attached to an aromatic ring is 1. The van der Waals surface area contributed by atoms with Crippen LogP contribution in [0.4, 0.5) is 42.4 Å². The van der Waals surface area contributed by atoms with Crippen molar-refractivity contribution in [1.82, 2.24) is 24.3 Å².